The van der Waals surface area contributed by atoms with Crippen molar-refractivity contribution in [1.82, 2.24) is 5.32 Å². The molecule has 1 rings (SSSR count). The highest BCUT2D eigenvalue weighted by atomic mass is 14.9. The number of nitrogens with one attached hydrogen (secondary N) is 1. The molecule has 1 aromatic rings. The van der Waals surface area contributed by atoms with E-state index in [0.29, 0.717) is 18.5 Å². The zero-order chi connectivity index (χ0) is 10.4. The molecule has 2 atom stereocenters. The summed E-state index contributed by atoms with van der Waals surface area (Å²) in [6.07, 6.45) is 5.20. The molecular weight excluding hydrogens is 170 g/mol. The molecule has 0 saturated heterocycles. The standard InChI is InChI=1S/C13H17N/c1-4-10-14-12(3)11(2)13-8-6-5-7-9-13/h1,5-9,11-12,14H,10H2,2-3H3. The molecule has 1 N–H and O–H groups in total. The third-order valence-corrected chi connectivity index (χ3v) is 2.60. The molecule has 0 aliphatic rings. The molecule has 0 aliphatic heterocycles. The Morgan fingerprint density at radius 3 is 2.50 bits per heavy atom. The van der Waals surface area contributed by atoms with Crippen molar-refractivity contribution in [3.63, 3.8) is 0 Å². The lowest BCUT2D eigenvalue weighted by Crippen LogP contribution is -2.31. The van der Waals surface area contributed by atoms with Crippen molar-refractivity contribution in [2.24, 2.45) is 0 Å². The van der Waals surface area contributed by atoms with Crippen LogP contribution in [0.5, 0.6) is 0 Å². The Morgan fingerprint density at radius 1 is 1.29 bits per heavy atom. The Bertz CT molecular complexity index is 297. The van der Waals surface area contributed by atoms with E-state index in [0.717, 1.165) is 0 Å². The zero-order valence-electron chi connectivity index (χ0n) is 8.83. The second-order valence-corrected chi connectivity index (χ2v) is 3.57. The van der Waals surface area contributed by atoms with Crippen molar-refractivity contribution in [1.29, 1.82) is 0 Å². The maximum Gasteiger partial charge on any atom is 0.0576 e. The third-order valence-electron chi connectivity index (χ3n) is 2.60. The molecule has 1 heteroatoms. The van der Waals surface area contributed by atoms with Crippen molar-refractivity contribution in [2.45, 2.75) is 25.8 Å². The normalized spacial score (nSPS) is 14.4. The number of hydrogen-bond acceptors (Lipinski definition) is 1. The van der Waals surface area contributed by atoms with Crippen LogP contribution in [-0.2, 0) is 0 Å². The molecule has 0 bridgehead atoms. The van der Waals surface area contributed by atoms with Gasteiger partial charge in [0.2, 0.25) is 0 Å². The summed E-state index contributed by atoms with van der Waals surface area (Å²) in [6.45, 7) is 5.01. The van der Waals surface area contributed by atoms with E-state index in [2.05, 4.69) is 49.4 Å². The molecule has 0 aromatic heterocycles. The maximum absolute atomic E-state index is 5.20. The Balaban J connectivity index is 2.57. The number of rotatable bonds is 4. The summed E-state index contributed by atoms with van der Waals surface area (Å²) < 4.78 is 0. The van der Waals surface area contributed by atoms with Crippen molar-refractivity contribution in [3.05, 3.63) is 35.9 Å². The lowest BCUT2D eigenvalue weighted by Gasteiger charge is -2.20. The Hall–Kier alpha value is -1.26. The summed E-state index contributed by atoms with van der Waals surface area (Å²) in [5.41, 5.74) is 1.35. The topological polar surface area (TPSA) is 12.0 Å². The van der Waals surface area contributed by atoms with Gasteiger partial charge >= 0.3 is 0 Å². The van der Waals surface area contributed by atoms with Crippen molar-refractivity contribution >= 4 is 0 Å². The molecule has 1 aromatic carbocycles. The van der Waals surface area contributed by atoms with E-state index in [1.54, 1.807) is 0 Å². The van der Waals surface area contributed by atoms with Crippen molar-refractivity contribution < 1.29 is 0 Å². The van der Waals surface area contributed by atoms with Gasteiger partial charge in [0.15, 0.2) is 0 Å². The SMILES string of the molecule is C#CCNC(C)C(C)c1ccccc1. The fourth-order valence-electron chi connectivity index (χ4n) is 1.44. The smallest absolute Gasteiger partial charge is 0.0576 e. The molecule has 0 saturated carbocycles. The number of benzene rings is 1. The molecule has 0 amide bonds. The van der Waals surface area contributed by atoms with E-state index >= 15 is 0 Å². The van der Waals surface area contributed by atoms with Gasteiger partial charge in [-0.3, -0.25) is 0 Å². The van der Waals surface area contributed by atoms with E-state index in [1.165, 1.54) is 5.56 Å². The van der Waals surface area contributed by atoms with Crippen LogP contribution < -0.4 is 5.32 Å². The predicted octanol–water partition coefficient (Wildman–Crippen LogP) is 2.40. The van der Waals surface area contributed by atoms with E-state index < -0.39 is 0 Å². The molecule has 0 heterocycles. The summed E-state index contributed by atoms with van der Waals surface area (Å²) in [5.74, 6) is 3.08. The van der Waals surface area contributed by atoms with Crippen LogP contribution in [0.3, 0.4) is 0 Å². The van der Waals surface area contributed by atoms with Gasteiger partial charge in [-0.1, -0.05) is 43.2 Å². The molecule has 0 radical (unpaired) electrons. The highest BCUT2D eigenvalue weighted by molar-refractivity contribution is 5.20. The van der Waals surface area contributed by atoms with Crippen LogP contribution in [0.25, 0.3) is 0 Å². The molecule has 2 unspecified atom stereocenters. The van der Waals surface area contributed by atoms with Crippen LogP contribution in [0.2, 0.25) is 0 Å². The summed E-state index contributed by atoms with van der Waals surface area (Å²) >= 11 is 0. The van der Waals surface area contributed by atoms with Gasteiger partial charge in [-0.15, -0.1) is 6.42 Å². The second-order valence-electron chi connectivity index (χ2n) is 3.57. The summed E-state index contributed by atoms with van der Waals surface area (Å²) in [7, 11) is 0. The summed E-state index contributed by atoms with van der Waals surface area (Å²) in [5, 5.41) is 3.29. The summed E-state index contributed by atoms with van der Waals surface area (Å²) in [4.78, 5) is 0. The van der Waals surface area contributed by atoms with Crippen LogP contribution in [0.15, 0.2) is 30.3 Å². The number of terminal acetylenes is 1. The lowest BCUT2D eigenvalue weighted by molar-refractivity contribution is 0.508. The highest BCUT2D eigenvalue weighted by Crippen LogP contribution is 2.18. The minimum absolute atomic E-state index is 0.411. The van der Waals surface area contributed by atoms with E-state index in [1.807, 2.05) is 6.07 Å². The van der Waals surface area contributed by atoms with Crippen LogP contribution >= 0.6 is 0 Å². The van der Waals surface area contributed by atoms with Gasteiger partial charge in [0.1, 0.15) is 0 Å². The Kier molecular flexibility index (Phi) is 4.22. The van der Waals surface area contributed by atoms with Gasteiger partial charge in [0.05, 0.1) is 6.54 Å². The first-order chi connectivity index (χ1) is 6.75. The van der Waals surface area contributed by atoms with Gasteiger partial charge in [-0.25, -0.2) is 0 Å². The average molecular weight is 187 g/mol. The van der Waals surface area contributed by atoms with Crippen LogP contribution in [-0.4, -0.2) is 12.6 Å². The predicted molar refractivity (Wildman–Crippen MR) is 61.2 cm³/mol. The maximum atomic E-state index is 5.20. The number of hydrogen-bond donors (Lipinski definition) is 1. The van der Waals surface area contributed by atoms with Gasteiger partial charge in [0, 0.05) is 6.04 Å². The lowest BCUT2D eigenvalue weighted by atomic mass is 9.94. The zero-order valence-corrected chi connectivity index (χ0v) is 8.83. The highest BCUT2D eigenvalue weighted by Gasteiger charge is 2.12. The molecule has 0 aliphatic carbocycles. The second kappa shape index (κ2) is 5.47. The first kappa shape index (κ1) is 10.8. The first-order valence-electron chi connectivity index (χ1n) is 4.97. The molecule has 14 heavy (non-hydrogen) atoms. The van der Waals surface area contributed by atoms with Gasteiger partial charge in [-0.2, -0.15) is 0 Å². The summed E-state index contributed by atoms with van der Waals surface area (Å²) in [6, 6.07) is 10.9. The van der Waals surface area contributed by atoms with Crippen LogP contribution in [0.4, 0.5) is 0 Å². The molecule has 0 fully saturated rings. The van der Waals surface area contributed by atoms with E-state index in [4.69, 9.17) is 6.42 Å². The Morgan fingerprint density at radius 2 is 1.93 bits per heavy atom. The molecular formula is C13H17N. The first-order valence-corrected chi connectivity index (χ1v) is 4.97. The average Bonchev–Trinajstić information content (AvgIpc) is 2.26. The van der Waals surface area contributed by atoms with Gasteiger partial charge in [-0.05, 0) is 18.4 Å². The van der Waals surface area contributed by atoms with Crippen molar-refractivity contribution in [3.8, 4) is 12.3 Å². The molecule has 0 spiro atoms. The third kappa shape index (κ3) is 2.90. The minimum atomic E-state index is 0.411. The monoisotopic (exact) mass is 187 g/mol. The fourth-order valence-corrected chi connectivity index (χ4v) is 1.44. The van der Waals surface area contributed by atoms with Crippen LogP contribution in [0, 0.1) is 12.3 Å². The van der Waals surface area contributed by atoms with Gasteiger partial charge in [0.25, 0.3) is 0 Å². The van der Waals surface area contributed by atoms with Crippen LogP contribution in [0.1, 0.15) is 25.3 Å². The van der Waals surface area contributed by atoms with Gasteiger partial charge < -0.3 is 5.32 Å². The molecule has 1 nitrogen and oxygen atoms in total. The minimum Gasteiger partial charge on any atom is -0.303 e. The van der Waals surface area contributed by atoms with E-state index in [9.17, 15) is 0 Å². The quantitative estimate of drug-likeness (QED) is 0.714. The van der Waals surface area contributed by atoms with Crippen molar-refractivity contribution in [2.75, 3.05) is 6.54 Å². The van der Waals surface area contributed by atoms with E-state index in [-0.39, 0.29) is 0 Å². The largest absolute Gasteiger partial charge is 0.303 e. The fraction of sp³-hybridized carbons (Fsp3) is 0.385. The molecule has 74 valence electrons. The Labute approximate surface area is 86.5 Å².